The van der Waals surface area contributed by atoms with Crippen LogP contribution in [0.3, 0.4) is 0 Å². The number of phosphoric acid groups is 2. The van der Waals surface area contributed by atoms with E-state index in [9.17, 15) is 43.2 Å². The molecule has 0 saturated carbocycles. The van der Waals surface area contributed by atoms with Crippen LogP contribution in [0.4, 0.5) is 0 Å². The summed E-state index contributed by atoms with van der Waals surface area (Å²) in [6.07, 6.45) is 85.6. The third-order valence-electron chi connectivity index (χ3n) is 16.6. The molecule has 5 atom stereocenters. The Morgan fingerprint density at radius 1 is 0.279 bits per heavy atom. The van der Waals surface area contributed by atoms with E-state index in [4.69, 9.17) is 37.0 Å². The highest BCUT2D eigenvalue weighted by molar-refractivity contribution is 7.47. The van der Waals surface area contributed by atoms with Gasteiger partial charge in [-0.15, -0.1) is 0 Å². The van der Waals surface area contributed by atoms with E-state index in [0.29, 0.717) is 25.7 Å². The number of ether oxygens (including phenoxy) is 4. The highest BCUT2D eigenvalue weighted by atomic mass is 31.2. The molecule has 5 unspecified atom stereocenters. The van der Waals surface area contributed by atoms with Crippen molar-refractivity contribution in [2.75, 3.05) is 39.6 Å². The normalized spacial score (nSPS) is 14.6. The van der Waals surface area contributed by atoms with Crippen LogP contribution in [0.15, 0.2) is 134 Å². The van der Waals surface area contributed by atoms with Crippen molar-refractivity contribution in [3.8, 4) is 0 Å². The van der Waals surface area contributed by atoms with Gasteiger partial charge in [0.1, 0.15) is 19.3 Å². The number of rotatable bonds is 75. The fourth-order valence-electron chi connectivity index (χ4n) is 10.6. The summed E-state index contributed by atoms with van der Waals surface area (Å²) < 4.78 is 68.6. The Morgan fingerprint density at radius 2 is 0.500 bits per heavy atom. The Bertz CT molecular complexity index is 2490. The summed E-state index contributed by atoms with van der Waals surface area (Å²) >= 11 is 0. The standard InChI is InChI=1S/C85H144O17P2/c1-5-9-13-17-21-25-29-33-36-38-39-41-43-47-50-54-58-62-66-70-83(88)96-76-81(102-85(90)72-68-64-60-56-52-48-44-40-37-34-30-26-22-18-14-10-6-2)78-100-104(93,94)98-74-79(86)73-97-103(91,92)99-77-80(101-84(89)71-67-63-59-55-51-45-32-28-24-20-16-12-8-4)75-95-82(87)69-65-61-57-53-49-46-42-35-31-27-23-19-15-11-7-3/h9-11,13-15,21-23,25-27,33-37,39,41-42,44,48,79-81,86H,5-8,12,16-20,24,28-32,38,40,43,45-47,49-78H2,1-4H3,(H,91,92)(H,93,94)/b13-9-,14-10-,15-11-,25-21-,26-22-,27-23-,36-33-,37-34-,41-39-,42-35-,48-44-. The van der Waals surface area contributed by atoms with Crippen LogP contribution in [-0.4, -0.2) is 96.7 Å². The van der Waals surface area contributed by atoms with Crippen molar-refractivity contribution in [1.29, 1.82) is 0 Å². The molecule has 3 N–H and O–H groups in total. The summed E-state index contributed by atoms with van der Waals surface area (Å²) in [5.74, 6) is -2.23. The summed E-state index contributed by atoms with van der Waals surface area (Å²) in [7, 11) is -9.98. The van der Waals surface area contributed by atoms with Gasteiger partial charge in [0.2, 0.25) is 0 Å². The molecule has 0 aliphatic rings. The van der Waals surface area contributed by atoms with Gasteiger partial charge in [-0.3, -0.25) is 37.3 Å². The van der Waals surface area contributed by atoms with Crippen molar-refractivity contribution in [3.63, 3.8) is 0 Å². The van der Waals surface area contributed by atoms with Crippen molar-refractivity contribution < 1.29 is 80.2 Å². The highest BCUT2D eigenvalue weighted by Gasteiger charge is 2.30. The third kappa shape index (κ3) is 75.4. The highest BCUT2D eigenvalue weighted by Crippen LogP contribution is 2.45. The van der Waals surface area contributed by atoms with Gasteiger partial charge in [0, 0.05) is 25.7 Å². The molecule has 0 rings (SSSR count). The van der Waals surface area contributed by atoms with Gasteiger partial charge < -0.3 is 33.8 Å². The number of hydrogen-bond acceptors (Lipinski definition) is 15. The van der Waals surface area contributed by atoms with E-state index >= 15 is 0 Å². The summed E-state index contributed by atoms with van der Waals surface area (Å²) in [4.78, 5) is 73.1. The first kappa shape index (κ1) is 99.2. The Kier molecular flexibility index (Phi) is 72.9. The van der Waals surface area contributed by atoms with Crippen LogP contribution in [-0.2, 0) is 65.4 Å². The van der Waals surface area contributed by atoms with Gasteiger partial charge in [-0.2, -0.15) is 0 Å². The first-order valence-corrected chi connectivity index (χ1v) is 43.4. The second-order valence-corrected chi connectivity index (χ2v) is 29.5. The quantitative estimate of drug-likeness (QED) is 0.0169. The van der Waals surface area contributed by atoms with Gasteiger partial charge in [0.15, 0.2) is 12.2 Å². The first-order chi connectivity index (χ1) is 50.7. The molecule has 104 heavy (non-hydrogen) atoms. The van der Waals surface area contributed by atoms with Crippen LogP contribution in [0.2, 0.25) is 0 Å². The molecule has 0 saturated heterocycles. The van der Waals surface area contributed by atoms with Gasteiger partial charge in [-0.05, 0) is 135 Å². The maximum Gasteiger partial charge on any atom is 0.472 e. The number of aliphatic hydroxyl groups excluding tert-OH is 1. The lowest BCUT2D eigenvalue weighted by Crippen LogP contribution is -2.30. The number of hydrogen-bond donors (Lipinski definition) is 3. The van der Waals surface area contributed by atoms with Gasteiger partial charge in [0.05, 0.1) is 26.4 Å². The van der Waals surface area contributed by atoms with Crippen LogP contribution in [0.5, 0.6) is 0 Å². The lowest BCUT2D eigenvalue weighted by atomic mass is 10.0. The number of carbonyl (C=O) groups excluding carboxylic acids is 4. The molecule has 0 aromatic heterocycles. The summed E-state index contributed by atoms with van der Waals surface area (Å²) in [6.45, 7) is 4.50. The van der Waals surface area contributed by atoms with E-state index in [1.807, 2.05) is 0 Å². The predicted molar refractivity (Wildman–Crippen MR) is 427 cm³/mol. The molecule has 0 aromatic rings. The molecule has 0 amide bonds. The lowest BCUT2D eigenvalue weighted by Gasteiger charge is -2.21. The van der Waals surface area contributed by atoms with Crippen molar-refractivity contribution in [2.45, 2.75) is 341 Å². The predicted octanol–water partition coefficient (Wildman–Crippen LogP) is 23.7. The van der Waals surface area contributed by atoms with E-state index in [2.05, 4.69) is 161 Å². The van der Waals surface area contributed by atoms with Crippen LogP contribution in [0.25, 0.3) is 0 Å². The first-order valence-electron chi connectivity index (χ1n) is 40.4. The Balaban J connectivity index is 5.40. The molecule has 0 fully saturated rings. The molecule has 0 aliphatic heterocycles. The summed E-state index contributed by atoms with van der Waals surface area (Å²) in [5.41, 5.74) is 0. The molecule has 0 bridgehead atoms. The fraction of sp³-hybridized carbons (Fsp3) is 0.694. The molecule has 19 heteroatoms. The monoisotopic (exact) mass is 1500 g/mol. The Morgan fingerprint density at radius 3 is 0.769 bits per heavy atom. The molecule has 0 heterocycles. The van der Waals surface area contributed by atoms with Gasteiger partial charge >= 0.3 is 39.5 Å². The number of carbonyl (C=O) groups is 4. The van der Waals surface area contributed by atoms with E-state index in [-0.39, 0.29) is 25.7 Å². The Hall–Kier alpha value is -4.80. The molecular formula is C85H144O17P2. The summed E-state index contributed by atoms with van der Waals surface area (Å²) in [5, 5.41) is 10.6. The average molecular weight is 1500 g/mol. The third-order valence-corrected chi connectivity index (χ3v) is 18.5. The zero-order valence-corrected chi connectivity index (χ0v) is 66.9. The maximum atomic E-state index is 13.1. The van der Waals surface area contributed by atoms with Crippen LogP contribution in [0, 0.1) is 0 Å². The van der Waals surface area contributed by atoms with Crippen LogP contribution < -0.4 is 0 Å². The minimum atomic E-state index is -4.99. The minimum Gasteiger partial charge on any atom is -0.462 e. The molecule has 0 aliphatic carbocycles. The molecule has 0 spiro atoms. The number of esters is 4. The fourth-order valence-corrected chi connectivity index (χ4v) is 12.1. The number of aliphatic hydroxyl groups is 1. The van der Waals surface area contributed by atoms with Crippen molar-refractivity contribution in [2.24, 2.45) is 0 Å². The average Bonchev–Trinajstić information content (AvgIpc) is 0.911. The zero-order chi connectivity index (χ0) is 76.0. The SMILES string of the molecule is CC/C=C\C/C=C\C/C=C\C/C=C\CCCCCCCCC(=O)OCC(COP(=O)(O)OCC(O)COP(=O)(O)OCC(COC(=O)CCCCCCC/C=C\C/C=C\C/C=C\CC)OC(=O)CCCCCCCCCCCCCCC)OC(=O)CCCCCC/C=C\C/C=C\C/C=C\C/C=C\CC. The van der Waals surface area contributed by atoms with Crippen molar-refractivity contribution in [1.82, 2.24) is 0 Å². The van der Waals surface area contributed by atoms with Gasteiger partial charge in [0.25, 0.3) is 0 Å². The van der Waals surface area contributed by atoms with Crippen molar-refractivity contribution >= 4 is 39.5 Å². The van der Waals surface area contributed by atoms with Crippen molar-refractivity contribution in [3.05, 3.63) is 134 Å². The lowest BCUT2D eigenvalue weighted by molar-refractivity contribution is -0.161. The second-order valence-electron chi connectivity index (χ2n) is 26.6. The second kappa shape index (κ2) is 76.4. The maximum absolute atomic E-state index is 13.1. The van der Waals surface area contributed by atoms with E-state index < -0.39 is 97.5 Å². The summed E-state index contributed by atoms with van der Waals surface area (Å²) in [6, 6.07) is 0. The largest absolute Gasteiger partial charge is 0.472 e. The van der Waals surface area contributed by atoms with Crippen LogP contribution >= 0.6 is 15.6 Å². The Labute approximate surface area is 631 Å². The molecular weight excluding hydrogens is 1350 g/mol. The van der Waals surface area contributed by atoms with Crippen LogP contribution in [0.1, 0.15) is 323 Å². The topological polar surface area (TPSA) is 237 Å². The number of unbranched alkanes of at least 4 members (excludes halogenated alkanes) is 27. The van der Waals surface area contributed by atoms with E-state index in [0.717, 1.165) is 193 Å². The van der Waals surface area contributed by atoms with E-state index in [1.54, 1.807) is 0 Å². The van der Waals surface area contributed by atoms with E-state index in [1.165, 1.54) is 51.4 Å². The van der Waals surface area contributed by atoms with Gasteiger partial charge in [-0.1, -0.05) is 296 Å². The molecule has 596 valence electrons. The van der Waals surface area contributed by atoms with Gasteiger partial charge in [-0.25, -0.2) is 9.13 Å². The number of phosphoric ester groups is 2. The zero-order valence-electron chi connectivity index (χ0n) is 65.2. The molecule has 17 nitrogen and oxygen atoms in total. The minimum absolute atomic E-state index is 0.0604. The smallest absolute Gasteiger partial charge is 0.462 e. The number of allylic oxidation sites excluding steroid dienone is 22. The molecule has 0 aromatic carbocycles. The molecule has 0 radical (unpaired) electrons.